The highest BCUT2D eigenvalue weighted by Crippen LogP contribution is 2.25. The number of nitrogens with one attached hydrogen (secondary N) is 1. The number of amides is 1. The summed E-state index contributed by atoms with van der Waals surface area (Å²) in [4.78, 5) is 12.8. The Morgan fingerprint density at radius 2 is 1.79 bits per heavy atom. The fraction of sp³-hybridized carbons (Fsp3) is 0.350. The van der Waals surface area contributed by atoms with E-state index in [9.17, 15) is 22.0 Å². The van der Waals surface area contributed by atoms with Crippen LogP contribution in [0.15, 0.2) is 42.5 Å². The zero-order chi connectivity index (χ0) is 21.1. The predicted octanol–water partition coefficient (Wildman–Crippen LogP) is 3.70. The lowest BCUT2D eigenvalue weighted by Gasteiger charge is -2.30. The molecule has 152 valence electrons. The molecule has 0 unspecified atom stereocenters. The normalized spacial score (nSPS) is 13.6. The van der Waals surface area contributed by atoms with Gasteiger partial charge in [0.05, 0.1) is 18.0 Å². The van der Waals surface area contributed by atoms with Gasteiger partial charge in [-0.25, -0.2) is 17.2 Å². The summed E-state index contributed by atoms with van der Waals surface area (Å²) in [6, 6.07) is 8.85. The smallest absolute Gasteiger partial charge is 0.244 e. The third-order valence-electron chi connectivity index (χ3n) is 4.53. The molecule has 0 saturated carbocycles. The minimum Gasteiger partial charge on any atom is -0.347 e. The number of hydrogen-bond acceptors (Lipinski definition) is 3. The van der Waals surface area contributed by atoms with Crippen LogP contribution < -0.4 is 9.62 Å². The number of aryl methyl sites for hydroxylation is 1. The first-order valence-corrected chi connectivity index (χ1v) is 10.7. The Morgan fingerprint density at radius 1 is 1.14 bits per heavy atom. The Bertz CT molecular complexity index is 964. The number of carbonyl (C=O) groups excluding carboxylic acids is 1. The van der Waals surface area contributed by atoms with Gasteiger partial charge in [-0.3, -0.25) is 9.10 Å². The van der Waals surface area contributed by atoms with Crippen molar-refractivity contribution < 1.29 is 22.0 Å². The molecule has 2 aromatic carbocycles. The lowest BCUT2D eigenvalue weighted by molar-refractivity contribution is -0.122. The first-order chi connectivity index (χ1) is 13.1. The third kappa shape index (κ3) is 4.86. The number of halogens is 2. The maximum Gasteiger partial charge on any atom is 0.244 e. The maximum atomic E-state index is 13.6. The molecule has 2 aromatic rings. The molecule has 8 heteroatoms. The molecule has 0 saturated heterocycles. The van der Waals surface area contributed by atoms with E-state index in [0.717, 1.165) is 39.9 Å². The van der Waals surface area contributed by atoms with E-state index in [-0.39, 0.29) is 11.7 Å². The molecule has 28 heavy (non-hydrogen) atoms. The van der Waals surface area contributed by atoms with Crippen LogP contribution >= 0.6 is 0 Å². The molecule has 0 aromatic heterocycles. The van der Waals surface area contributed by atoms with Crippen molar-refractivity contribution in [1.29, 1.82) is 0 Å². The largest absolute Gasteiger partial charge is 0.347 e. The first-order valence-electron chi connectivity index (χ1n) is 8.86. The summed E-state index contributed by atoms with van der Waals surface area (Å²) in [5.41, 5.74) is 1.82. The summed E-state index contributed by atoms with van der Waals surface area (Å²) < 4.78 is 52.2. The summed E-state index contributed by atoms with van der Waals surface area (Å²) in [6.45, 7) is 5.24. The lowest BCUT2D eigenvalue weighted by atomic mass is 9.99. The molecule has 0 aliphatic heterocycles. The van der Waals surface area contributed by atoms with Crippen molar-refractivity contribution in [2.75, 3.05) is 10.6 Å². The summed E-state index contributed by atoms with van der Waals surface area (Å²) in [5, 5.41) is 2.86. The Kier molecular flexibility index (Phi) is 6.77. The molecule has 5 nitrogen and oxygen atoms in total. The van der Waals surface area contributed by atoms with Gasteiger partial charge in [-0.2, -0.15) is 0 Å². The number of anilines is 1. The number of rotatable bonds is 7. The van der Waals surface area contributed by atoms with E-state index in [1.54, 1.807) is 0 Å². The average Bonchev–Trinajstić information content (AvgIpc) is 2.62. The van der Waals surface area contributed by atoms with E-state index in [2.05, 4.69) is 5.32 Å². The molecule has 1 N–H and O–H groups in total. The monoisotopic (exact) mass is 410 g/mol. The van der Waals surface area contributed by atoms with Crippen molar-refractivity contribution in [1.82, 2.24) is 5.32 Å². The van der Waals surface area contributed by atoms with Crippen LogP contribution in [0.2, 0.25) is 0 Å². The second-order valence-corrected chi connectivity index (χ2v) is 8.52. The fourth-order valence-electron chi connectivity index (χ4n) is 3.10. The second-order valence-electron chi connectivity index (χ2n) is 6.66. The van der Waals surface area contributed by atoms with Crippen molar-refractivity contribution in [3.8, 4) is 0 Å². The number of hydrogen-bond donors (Lipinski definition) is 1. The standard InChI is InChI=1S/C20H24F2N2O3S/c1-5-19(16-9-7-6-8-13(16)2)23-20(25)14(3)24(28(4,26)27)15-10-11-17(21)18(22)12-15/h6-12,14,19H,5H2,1-4H3,(H,23,25)/t14-,19-/m0/s1. The molecule has 0 fully saturated rings. The van der Waals surface area contributed by atoms with E-state index in [1.807, 2.05) is 38.1 Å². The van der Waals surface area contributed by atoms with E-state index in [0.29, 0.717) is 6.42 Å². The second kappa shape index (κ2) is 8.68. The van der Waals surface area contributed by atoms with Crippen LogP contribution in [0.5, 0.6) is 0 Å². The molecule has 0 aliphatic carbocycles. The minimum atomic E-state index is -3.92. The van der Waals surface area contributed by atoms with Gasteiger partial charge in [0.15, 0.2) is 11.6 Å². The third-order valence-corrected chi connectivity index (χ3v) is 5.78. The van der Waals surface area contributed by atoms with E-state index >= 15 is 0 Å². The predicted molar refractivity (Wildman–Crippen MR) is 105 cm³/mol. The van der Waals surface area contributed by atoms with E-state index in [4.69, 9.17) is 0 Å². The highest BCUT2D eigenvalue weighted by atomic mass is 32.2. The maximum absolute atomic E-state index is 13.6. The summed E-state index contributed by atoms with van der Waals surface area (Å²) in [7, 11) is -3.92. The highest BCUT2D eigenvalue weighted by molar-refractivity contribution is 7.92. The van der Waals surface area contributed by atoms with Gasteiger partial charge in [-0.1, -0.05) is 31.2 Å². The Hall–Kier alpha value is -2.48. The molecular formula is C20H24F2N2O3S. The summed E-state index contributed by atoms with van der Waals surface area (Å²) >= 11 is 0. The van der Waals surface area contributed by atoms with Gasteiger partial charge in [0, 0.05) is 6.07 Å². The number of carbonyl (C=O) groups is 1. The van der Waals surface area contributed by atoms with E-state index < -0.39 is 33.6 Å². The fourth-order valence-corrected chi connectivity index (χ4v) is 4.27. The van der Waals surface area contributed by atoms with Crippen LogP contribution in [0, 0.1) is 18.6 Å². The van der Waals surface area contributed by atoms with Crippen LogP contribution in [0.1, 0.15) is 37.4 Å². The van der Waals surface area contributed by atoms with Gasteiger partial charge in [0.1, 0.15) is 6.04 Å². The lowest BCUT2D eigenvalue weighted by Crippen LogP contribution is -2.48. The average molecular weight is 410 g/mol. The molecule has 1 amide bonds. The molecule has 2 atom stereocenters. The minimum absolute atomic E-state index is 0.118. The van der Waals surface area contributed by atoms with Gasteiger partial charge in [0.25, 0.3) is 0 Å². The van der Waals surface area contributed by atoms with Crippen molar-refractivity contribution in [3.05, 3.63) is 65.2 Å². The molecule has 0 bridgehead atoms. The van der Waals surface area contributed by atoms with Crippen LogP contribution in [-0.4, -0.2) is 26.6 Å². The van der Waals surface area contributed by atoms with Crippen molar-refractivity contribution in [2.45, 2.75) is 39.3 Å². The van der Waals surface area contributed by atoms with Gasteiger partial charge in [-0.05, 0) is 43.5 Å². The quantitative estimate of drug-likeness (QED) is 0.757. The van der Waals surface area contributed by atoms with Gasteiger partial charge in [-0.15, -0.1) is 0 Å². The molecular weight excluding hydrogens is 386 g/mol. The molecule has 0 radical (unpaired) electrons. The first kappa shape index (κ1) is 21.8. The van der Waals surface area contributed by atoms with Crippen LogP contribution in [-0.2, 0) is 14.8 Å². The Balaban J connectivity index is 2.33. The number of benzene rings is 2. The molecule has 0 spiro atoms. The molecule has 0 aliphatic rings. The zero-order valence-corrected chi connectivity index (χ0v) is 17.1. The highest BCUT2D eigenvalue weighted by Gasteiger charge is 2.31. The summed E-state index contributed by atoms with van der Waals surface area (Å²) in [5.74, 6) is -2.82. The van der Waals surface area contributed by atoms with Crippen LogP contribution in [0.4, 0.5) is 14.5 Å². The van der Waals surface area contributed by atoms with Crippen molar-refractivity contribution >= 4 is 21.6 Å². The summed E-state index contributed by atoms with van der Waals surface area (Å²) in [6.07, 6.45) is 1.52. The molecule has 2 rings (SSSR count). The van der Waals surface area contributed by atoms with Crippen molar-refractivity contribution in [2.24, 2.45) is 0 Å². The Morgan fingerprint density at radius 3 is 2.32 bits per heavy atom. The number of sulfonamides is 1. The van der Waals surface area contributed by atoms with Gasteiger partial charge < -0.3 is 5.32 Å². The van der Waals surface area contributed by atoms with Crippen LogP contribution in [0.25, 0.3) is 0 Å². The SMILES string of the molecule is CC[C@H](NC(=O)[C@H](C)N(c1ccc(F)c(F)c1)S(C)(=O)=O)c1ccccc1C. The van der Waals surface area contributed by atoms with Gasteiger partial charge in [0.2, 0.25) is 15.9 Å². The van der Waals surface area contributed by atoms with E-state index in [1.165, 1.54) is 6.92 Å². The number of nitrogens with zero attached hydrogens (tertiary/aromatic N) is 1. The topological polar surface area (TPSA) is 66.5 Å². The zero-order valence-electron chi connectivity index (χ0n) is 16.2. The van der Waals surface area contributed by atoms with Crippen molar-refractivity contribution in [3.63, 3.8) is 0 Å². The van der Waals surface area contributed by atoms with Crippen LogP contribution in [0.3, 0.4) is 0 Å². The molecule has 0 heterocycles. The Labute approximate surface area is 164 Å². The van der Waals surface area contributed by atoms with Gasteiger partial charge >= 0.3 is 0 Å².